The van der Waals surface area contributed by atoms with E-state index in [0.29, 0.717) is 19.0 Å². The molecular weight excluding hydrogens is 402 g/mol. The Morgan fingerprint density at radius 2 is 1.88 bits per heavy atom. The molecule has 0 atom stereocenters. The van der Waals surface area contributed by atoms with Crippen LogP contribution in [0.1, 0.15) is 61.9 Å². The van der Waals surface area contributed by atoms with Crippen LogP contribution in [0, 0.1) is 0 Å². The van der Waals surface area contributed by atoms with Crippen molar-refractivity contribution in [2.24, 2.45) is 0 Å². The Morgan fingerprint density at radius 1 is 1.09 bits per heavy atom. The van der Waals surface area contributed by atoms with E-state index in [1.165, 1.54) is 5.56 Å². The molecular formula is C26H37N3O3. The SMILES string of the molecule is CCCCn1cc(-c2cccc(C(C)C)c2)cc(C(=O)NCCCN2CCOCC2)c1=O. The molecule has 0 bridgehead atoms. The molecule has 1 aromatic carbocycles. The monoisotopic (exact) mass is 439 g/mol. The van der Waals surface area contributed by atoms with Gasteiger partial charge in [-0.15, -0.1) is 0 Å². The molecule has 1 N–H and O–H groups in total. The summed E-state index contributed by atoms with van der Waals surface area (Å²) in [6.07, 6.45) is 4.64. The van der Waals surface area contributed by atoms with Gasteiger partial charge < -0.3 is 14.6 Å². The molecule has 0 aliphatic carbocycles. The van der Waals surface area contributed by atoms with Gasteiger partial charge in [0, 0.05) is 32.4 Å². The molecule has 2 aromatic rings. The van der Waals surface area contributed by atoms with Gasteiger partial charge in [-0.25, -0.2) is 0 Å². The standard InChI is InChI=1S/C26H37N3O3/c1-4-5-12-29-19-23(22-9-6-8-21(17-22)20(2)3)18-24(26(29)31)25(30)27-10-7-11-28-13-15-32-16-14-28/h6,8-9,17-20H,4-5,7,10-16H2,1-3H3,(H,27,30). The lowest BCUT2D eigenvalue weighted by atomic mass is 9.97. The number of amides is 1. The van der Waals surface area contributed by atoms with Crippen LogP contribution in [0.5, 0.6) is 0 Å². The molecule has 0 saturated carbocycles. The third-order valence-corrected chi connectivity index (χ3v) is 6.01. The van der Waals surface area contributed by atoms with E-state index in [0.717, 1.165) is 63.2 Å². The largest absolute Gasteiger partial charge is 0.379 e. The topological polar surface area (TPSA) is 63.6 Å². The highest BCUT2D eigenvalue weighted by atomic mass is 16.5. The first-order chi connectivity index (χ1) is 15.5. The Balaban J connectivity index is 1.77. The number of aromatic nitrogens is 1. The van der Waals surface area contributed by atoms with Crippen LogP contribution >= 0.6 is 0 Å². The lowest BCUT2D eigenvalue weighted by Crippen LogP contribution is -2.38. The maximum absolute atomic E-state index is 13.0. The van der Waals surface area contributed by atoms with E-state index in [1.807, 2.05) is 18.3 Å². The maximum Gasteiger partial charge on any atom is 0.263 e. The van der Waals surface area contributed by atoms with Gasteiger partial charge in [-0.05, 0) is 48.1 Å². The number of morpholine rings is 1. The number of benzene rings is 1. The number of hydrogen-bond donors (Lipinski definition) is 1. The Bertz CT molecular complexity index is 946. The minimum atomic E-state index is -0.288. The van der Waals surface area contributed by atoms with Gasteiger partial charge in [0.05, 0.1) is 13.2 Å². The summed E-state index contributed by atoms with van der Waals surface area (Å²) in [6.45, 7) is 11.9. The second-order valence-electron chi connectivity index (χ2n) is 8.84. The molecule has 0 radical (unpaired) electrons. The second kappa shape index (κ2) is 12.0. The molecule has 32 heavy (non-hydrogen) atoms. The van der Waals surface area contributed by atoms with Crippen molar-refractivity contribution in [3.63, 3.8) is 0 Å². The third-order valence-electron chi connectivity index (χ3n) is 6.01. The number of ether oxygens (including phenoxy) is 1. The number of aryl methyl sites for hydroxylation is 1. The number of carbonyl (C=O) groups is 1. The molecule has 3 rings (SSSR count). The van der Waals surface area contributed by atoms with Gasteiger partial charge in [0.25, 0.3) is 11.5 Å². The quantitative estimate of drug-likeness (QED) is 0.571. The highest BCUT2D eigenvalue weighted by Gasteiger charge is 2.16. The molecule has 6 nitrogen and oxygen atoms in total. The Hall–Kier alpha value is -2.44. The smallest absolute Gasteiger partial charge is 0.263 e. The molecule has 1 aromatic heterocycles. The van der Waals surface area contributed by atoms with Crippen LogP contribution in [0.2, 0.25) is 0 Å². The molecule has 1 amide bonds. The van der Waals surface area contributed by atoms with Gasteiger partial charge in [0.15, 0.2) is 0 Å². The number of rotatable bonds is 10. The maximum atomic E-state index is 13.0. The number of hydrogen-bond acceptors (Lipinski definition) is 4. The minimum Gasteiger partial charge on any atom is -0.379 e. The van der Waals surface area contributed by atoms with Gasteiger partial charge in [-0.2, -0.15) is 0 Å². The van der Waals surface area contributed by atoms with Gasteiger partial charge in [0.2, 0.25) is 0 Å². The van der Waals surface area contributed by atoms with E-state index in [9.17, 15) is 9.59 Å². The van der Waals surface area contributed by atoms with Crippen molar-refractivity contribution in [3.8, 4) is 11.1 Å². The summed E-state index contributed by atoms with van der Waals surface area (Å²) in [6, 6.07) is 10.1. The van der Waals surface area contributed by atoms with Crippen molar-refractivity contribution < 1.29 is 9.53 Å². The summed E-state index contributed by atoms with van der Waals surface area (Å²) in [4.78, 5) is 28.3. The Labute approximate surface area is 191 Å². The van der Waals surface area contributed by atoms with Crippen molar-refractivity contribution in [3.05, 3.63) is 58.0 Å². The van der Waals surface area contributed by atoms with Crippen molar-refractivity contribution in [1.29, 1.82) is 0 Å². The Kier molecular flexibility index (Phi) is 9.06. The number of unbranched alkanes of at least 4 members (excludes halogenated alkanes) is 1. The lowest BCUT2D eigenvalue weighted by Gasteiger charge is -2.26. The van der Waals surface area contributed by atoms with Crippen LogP contribution in [-0.2, 0) is 11.3 Å². The molecule has 1 saturated heterocycles. The molecule has 6 heteroatoms. The van der Waals surface area contributed by atoms with E-state index in [1.54, 1.807) is 10.6 Å². The fraction of sp³-hybridized carbons (Fsp3) is 0.538. The van der Waals surface area contributed by atoms with E-state index in [2.05, 4.69) is 43.1 Å². The molecule has 0 spiro atoms. The molecule has 2 heterocycles. The van der Waals surface area contributed by atoms with E-state index < -0.39 is 0 Å². The van der Waals surface area contributed by atoms with Crippen molar-refractivity contribution in [2.45, 2.75) is 52.5 Å². The van der Waals surface area contributed by atoms with E-state index in [4.69, 9.17) is 4.74 Å². The van der Waals surface area contributed by atoms with Crippen molar-refractivity contribution in [1.82, 2.24) is 14.8 Å². The predicted octanol–water partition coefficient (Wildman–Crippen LogP) is 3.89. The second-order valence-corrected chi connectivity index (χ2v) is 8.84. The summed E-state index contributed by atoms with van der Waals surface area (Å²) in [5.41, 5.74) is 3.18. The number of carbonyl (C=O) groups excluding carboxylic acids is 1. The minimum absolute atomic E-state index is 0.215. The van der Waals surface area contributed by atoms with Crippen LogP contribution in [0.4, 0.5) is 0 Å². The molecule has 0 unspecified atom stereocenters. The summed E-state index contributed by atoms with van der Waals surface area (Å²) in [5, 5.41) is 2.96. The summed E-state index contributed by atoms with van der Waals surface area (Å²) in [5.74, 6) is 0.124. The van der Waals surface area contributed by atoms with Gasteiger partial charge >= 0.3 is 0 Å². The lowest BCUT2D eigenvalue weighted by molar-refractivity contribution is 0.0374. The van der Waals surface area contributed by atoms with Crippen LogP contribution < -0.4 is 10.9 Å². The molecule has 1 aliphatic heterocycles. The summed E-state index contributed by atoms with van der Waals surface area (Å²) in [7, 11) is 0. The normalized spacial score (nSPS) is 14.6. The van der Waals surface area contributed by atoms with E-state index in [-0.39, 0.29) is 17.0 Å². The zero-order valence-corrected chi connectivity index (χ0v) is 19.7. The first-order valence-corrected chi connectivity index (χ1v) is 11.9. The average molecular weight is 440 g/mol. The van der Waals surface area contributed by atoms with Gasteiger partial charge in [0.1, 0.15) is 5.56 Å². The zero-order chi connectivity index (χ0) is 22.9. The molecule has 174 valence electrons. The highest BCUT2D eigenvalue weighted by molar-refractivity contribution is 5.95. The van der Waals surface area contributed by atoms with Gasteiger partial charge in [-0.3, -0.25) is 14.5 Å². The summed E-state index contributed by atoms with van der Waals surface area (Å²) < 4.78 is 7.07. The zero-order valence-electron chi connectivity index (χ0n) is 19.7. The predicted molar refractivity (Wildman–Crippen MR) is 129 cm³/mol. The molecule has 1 aliphatic rings. The first-order valence-electron chi connectivity index (χ1n) is 11.9. The fourth-order valence-electron chi connectivity index (χ4n) is 3.95. The average Bonchev–Trinajstić information content (AvgIpc) is 2.81. The van der Waals surface area contributed by atoms with Crippen molar-refractivity contribution >= 4 is 5.91 Å². The van der Waals surface area contributed by atoms with Crippen molar-refractivity contribution in [2.75, 3.05) is 39.4 Å². The van der Waals surface area contributed by atoms with Crippen LogP contribution in [0.15, 0.2) is 41.3 Å². The molecule has 1 fully saturated rings. The number of nitrogens with zero attached hydrogens (tertiary/aromatic N) is 2. The Morgan fingerprint density at radius 3 is 2.59 bits per heavy atom. The summed E-state index contributed by atoms with van der Waals surface area (Å²) >= 11 is 0. The van der Waals surface area contributed by atoms with Crippen LogP contribution in [-0.4, -0.2) is 54.8 Å². The first kappa shape index (κ1) is 24.2. The highest BCUT2D eigenvalue weighted by Crippen LogP contribution is 2.24. The van der Waals surface area contributed by atoms with Gasteiger partial charge in [-0.1, -0.05) is 51.5 Å². The fourth-order valence-corrected chi connectivity index (χ4v) is 3.95. The van der Waals surface area contributed by atoms with E-state index >= 15 is 0 Å². The third kappa shape index (κ3) is 6.53. The number of pyridine rings is 1. The van der Waals surface area contributed by atoms with Crippen LogP contribution in [0.25, 0.3) is 11.1 Å². The van der Waals surface area contributed by atoms with Crippen LogP contribution in [0.3, 0.4) is 0 Å². The number of nitrogens with one attached hydrogen (secondary N) is 1.